The van der Waals surface area contributed by atoms with Gasteiger partial charge < -0.3 is 0 Å². The van der Waals surface area contributed by atoms with Crippen molar-refractivity contribution in [1.82, 2.24) is 0 Å². The molecule has 0 aliphatic heterocycles. The standard InChI is InChI=1S/3C6H14.CH2Cl2/c3*1-3-5-6-4-2;2-1-3/h3*3-6H2,1-2H3;1H2. The van der Waals surface area contributed by atoms with Crippen LogP contribution in [0.5, 0.6) is 0 Å². The van der Waals surface area contributed by atoms with Gasteiger partial charge >= 0.3 is 0 Å². The zero-order valence-electron chi connectivity index (χ0n) is 15.9. The molecular formula is C19H44Cl2. The van der Waals surface area contributed by atoms with Crippen molar-refractivity contribution >= 4 is 23.2 Å². The van der Waals surface area contributed by atoms with Crippen molar-refractivity contribution in [2.75, 3.05) is 5.34 Å². The first-order chi connectivity index (χ1) is 10.2. The number of alkyl halides is 2. The quantitative estimate of drug-likeness (QED) is 0.289. The van der Waals surface area contributed by atoms with Gasteiger partial charge in [0.25, 0.3) is 0 Å². The Morgan fingerprint density at radius 2 is 0.476 bits per heavy atom. The second kappa shape index (κ2) is 42.8. The van der Waals surface area contributed by atoms with Crippen LogP contribution >= 0.6 is 23.2 Å². The summed E-state index contributed by atoms with van der Waals surface area (Å²) in [5, 5.41) is 0.194. The van der Waals surface area contributed by atoms with E-state index in [4.69, 9.17) is 23.2 Å². The Hall–Kier alpha value is 0.580. The van der Waals surface area contributed by atoms with Crippen LogP contribution in [0.2, 0.25) is 0 Å². The summed E-state index contributed by atoms with van der Waals surface area (Å²) in [6.07, 6.45) is 16.6. The fourth-order valence-electron chi connectivity index (χ4n) is 1.50. The topological polar surface area (TPSA) is 0 Å². The van der Waals surface area contributed by atoms with Crippen LogP contribution in [-0.2, 0) is 0 Å². The third kappa shape index (κ3) is 77.4. The van der Waals surface area contributed by atoms with Gasteiger partial charge in [0, 0.05) is 0 Å². The summed E-state index contributed by atoms with van der Waals surface area (Å²) in [5.41, 5.74) is 0. The predicted molar refractivity (Wildman–Crippen MR) is 106 cm³/mol. The third-order valence-electron chi connectivity index (χ3n) is 2.87. The van der Waals surface area contributed by atoms with E-state index in [1.165, 1.54) is 77.0 Å². The highest BCUT2D eigenvalue weighted by Crippen LogP contribution is 1.96. The largest absolute Gasteiger partial charge is 0.109 e. The average Bonchev–Trinajstić information content (AvgIpc) is 2.51. The van der Waals surface area contributed by atoms with Crippen molar-refractivity contribution in [2.45, 2.75) is 119 Å². The molecule has 0 saturated heterocycles. The van der Waals surface area contributed by atoms with Gasteiger partial charge in [-0.2, -0.15) is 0 Å². The molecule has 0 rings (SSSR count). The minimum atomic E-state index is 0.194. The molecule has 0 bridgehead atoms. The first kappa shape index (κ1) is 29.6. The lowest BCUT2D eigenvalue weighted by Crippen LogP contribution is -1.66. The molecule has 0 aromatic heterocycles. The number of halogens is 2. The molecule has 0 atom stereocenters. The van der Waals surface area contributed by atoms with Crippen LogP contribution in [0.1, 0.15) is 119 Å². The Balaban J connectivity index is -0.0000000944. The predicted octanol–water partition coefficient (Wildman–Crippen LogP) is 9.18. The van der Waals surface area contributed by atoms with E-state index in [1.54, 1.807) is 0 Å². The lowest BCUT2D eigenvalue weighted by Gasteiger charge is -1.86. The van der Waals surface area contributed by atoms with Gasteiger partial charge in [-0.25, -0.2) is 0 Å². The molecule has 0 unspecified atom stereocenters. The van der Waals surface area contributed by atoms with E-state index >= 15 is 0 Å². The second-order valence-electron chi connectivity index (χ2n) is 5.22. The molecule has 0 radical (unpaired) electrons. The molecule has 0 aliphatic carbocycles. The van der Waals surface area contributed by atoms with E-state index in [0.29, 0.717) is 0 Å². The molecule has 0 heterocycles. The fraction of sp³-hybridized carbons (Fsp3) is 1.00. The second-order valence-corrected chi connectivity index (χ2v) is 6.03. The highest BCUT2D eigenvalue weighted by atomic mass is 35.5. The van der Waals surface area contributed by atoms with Crippen LogP contribution in [0.25, 0.3) is 0 Å². The van der Waals surface area contributed by atoms with Gasteiger partial charge in [-0.3, -0.25) is 0 Å². The number of rotatable bonds is 9. The average molecular weight is 343 g/mol. The van der Waals surface area contributed by atoms with Gasteiger partial charge in [0.15, 0.2) is 0 Å². The molecular weight excluding hydrogens is 299 g/mol. The molecule has 0 aromatic carbocycles. The maximum absolute atomic E-state index is 4.76. The molecule has 0 saturated carbocycles. The Labute approximate surface area is 147 Å². The van der Waals surface area contributed by atoms with Gasteiger partial charge in [0.2, 0.25) is 0 Å². The Morgan fingerprint density at radius 3 is 0.524 bits per heavy atom. The van der Waals surface area contributed by atoms with Crippen LogP contribution in [0.4, 0.5) is 0 Å². The number of hydrogen-bond donors (Lipinski definition) is 0. The SMILES string of the molecule is CCCCCC.CCCCCC.CCCCCC.ClCCl. The van der Waals surface area contributed by atoms with E-state index in [2.05, 4.69) is 41.5 Å². The van der Waals surface area contributed by atoms with Gasteiger partial charge in [0.1, 0.15) is 0 Å². The maximum atomic E-state index is 4.76. The first-order valence-corrected chi connectivity index (χ1v) is 10.3. The van der Waals surface area contributed by atoms with Crippen LogP contribution in [0.15, 0.2) is 0 Å². The van der Waals surface area contributed by atoms with Crippen LogP contribution in [0.3, 0.4) is 0 Å². The molecule has 134 valence electrons. The zero-order valence-corrected chi connectivity index (χ0v) is 17.5. The molecule has 0 spiro atoms. The Bertz CT molecular complexity index is 74.7. The van der Waals surface area contributed by atoms with Crippen LogP contribution in [-0.4, -0.2) is 5.34 Å². The molecule has 0 nitrogen and oxygen atoms in total. The summed E-state index contributed by atoms with van der Waals surface area (Å²) in [7, 11) is 0. The maximum Gasteiger partial charge on any atom is 0.0967 e. The first-order valence-electron chi connectivity index (χ1n) is 9.28. The fourth-order valence-corrected chi connectivity index (χ4v) is 1.50. The van der Waals surface area contributed by atoms with Gasteiger partial charge in [-0.05, 0) is 0 Å². The molecule has 0 fully saturated rings. The molecule has 2 heteroatoms. The third-order valence-corrected chi connectivity index (χ3v) is 2.87. The van der Waals surface area contributed by atoms with Crippen molar-refractivity contribution in [1.29, 1.82) is 0 Å². The van der Waals surface area contributed by atoms with Gasteiger partial charge in [-0.1, -0.05) is 119 Å². The highest BCUT2D eigenvalue weighted by Gasteiger charge is 1.76. The van der Waals surface area contributed by atoms with Crippen LogP contribution < -0.4 is 0 Å². The highest BCUT2D eigenvalue weighted by molar-refractivity contribution is 6.40. The number of hydrogen-bond acceptors (Lipinski definition) is 0. The van der Waals surface area contributed by atoms with Crippen LogP contribution in [0, 0.1) is 0 Å². The molecule has 0 aromatic rings. The molecule has 0 N–H and O–H groups in total. The van der Waals surface area contributed by atoms with Crippen molar-refractivity contribution in [3.8, 4) is 0 Å². The van der Waals surface area contributed by atoms with E-state index < -0.39 is 0 Å². The summed E-state index contributed by atoms with van der Waals surface area (Å²) in [6, 6.07) is 0. The van der Waals surface area contributed by atoms with E-state index in [1.807, 2.05) is 0 Å². The zero-order chi connectivity index (χ0) is 17.2. The van der Waals surface area contributed by atoms with Crippen molar-refractivity contribution in [2.24, 2.45) is 0 Å². The van der Waals surface area contributed by atoms with Gasteiger partial charge in [0.05, 0.1) is 5.34 Å². The van der Waals surface area contributed by atoms with Gasteiger partial charge in [-0.15, -0.1) is 23.2 Å². The summed E-state index contributed by atoms with van der Waals surface area (Å²) in [5.74, 6) is 0. The summed E-state index contributed by atoms with van der Waals surface area (Å²) in [6.45, 7) is 13.4. The minimum Gasteiger partial charge on any atom is -0.109 e. The minimum absolute atomic E-state index is 0.194. The normalized spacial score (nSPS) is 8.57. The van der Waals surface area contributed by atoms with E-state index in [9.17, 15) is 0 Å². The van der Waals surface area contributed by atoms with Crippen molar-refractivity contribution in [3.05, 3.63) is 0 Å². The monoisotopic (exact) mass is 342 g/mol. The Kier molecular flexibility index (Phi) is 60.2. The summed E-state index contributed by atoms with van der Waals surface area (Å²) >= 11 is 9.53. The summed E-state index contributed by atoms with van der Waals surface area (Å²) < 4.78 is 0. The van der Waals surface area contributed by atoms with Crippen molar-refractivity contribution in [3.63, 3.8) is 0 Å². The lowest BCUT2D eigenvalue weighted by atomic mass is 10.2. The molecule has 0 amide bonds. The summed E-state index contributed by atoms with van der Waals surface area (Å²) in [4.78, 5) is 0. The molecule has 21 heavy (non-hydrogen) atoms. The lowest BCUT2D eigenvalue weighted by molar-refractivity contribution is 0.702. The Morgan fingerprint density at radius 1 is 0.381 bits per heavy atom. The smallest absolute Gasteiger partial charge is 0.0967 e. The van der Waals surface area contributed by atoms with E-state index in [-0.39, 0.29) is 5.34 Å². The van der Waals surface area contributed by atoms with E-state index in [0.717, 1.165) is 0 Å². The van der Waals surface area contributed by atoms with Crippen molar-refractivity contribution < 1.29 is 0 Å². The number of unbranched alkanes of at least 4 members (excludes halogenated alkanes) is 9. The molecule has 0 aliphatic rings.